The number of hydrogen-bond acceptors (Lipinski definition) is 0. The van der Waals surface area contributed by atoms with Gasteiger partial charge in [0, 0.05) is 0 Å². The molecule has 0 saturated heterocycles. The van der Waals surface area contributed by atoms with Gasteiger partial charge in [-0.05, 0) is 45.2 Å². The maximum atomic E-state index is 2.24. The molecule has 0 aliphatic heterocycles. The SMILES string of the molecule is C1=C\c2ccc3ccc(cc3c2)/C=C\c2ccc/1cc2. The van der Waals surface area contributed by atoms with Crippen molar-refractivity contribution in [2.45, 2.75) is 0 Å². The van der Waals surface area contributed by atoms with Crippen molar-refractivity contribution >= 4 is 35.1 Å². The molecule has 5 rings (SSSR count). The molecule has 0 heteroatoms. The third-order valence-corrected chi connectivity index (χ3v) is 3.76. The van der Waals surface area contributed by atoms with Gasteiger partial charge in [0.15, 0.2) is 0 Å². The maximum absolute atomic E-state index is 2.24. The van der Waals surface area contributed by atoms with Crippen LogP contribution >= 0.6 is 0 Å². The van der Waals surface area contributed by atoms with Crippen LogP contribution in [-0.4, -0.2) is 0 Å². The van der Waals surface area contributed by atoms with Crippen molar-refractivity contribution in [1.82, 2.24) is 0 Å². The molecule has 5 bridgehead atoms. The summed E-state index contributed by atoms with van der Waals surface area (Å²) in [4.78, 5) is 0. The summed E-state index contributed by atoms with van der Waals surface area (Å²) in [5.41, 5.74) is 4.94. The molecule has 3 aromatic rings. The van der Waals surface area contributed by atoms with E-state index in [1.807, 2.05) is 0 Å². The fourth-order valence-electron chi connectivity index (χ4n) is 2.59. The first-order chi connectivity index (χ1) is 9.87. The topological polar surface area (TPSA) is 0 Å². The lowest BCUT2D eigenvalue weighted by molar-refractivity contribution is 1.63. The molecule has 20 heavy (non-hydrogen) atoms. The van der Waals surface area contributed by atoms with Gasteiger partial charge in [-0.15, -0.1) is 0 Å². The standard InChI is InChI=1S/C20H14/c1-2-16-4-3-15(1)5-7-17-9-11-19-12-10-18(8-6-16)14-20(19)13-17/h1-14H/b7-5-,8-6-. The maximum Gasteiger partial charge on any atom is -0.0172 e. The molecule has 0 atom stereocenters. The summed E-state index contributed by atoms with van der Waals surface area (Å²) in [6.07, 6.45) is 8.67. The molecule has 0 saturated carbocycles. The molecule has 0 spiro atoms. The van der Waals surface area contributed by atoms with Crippen LogP contribution in [0.1, 0.15) is 22.3 Å². The second-order valence-electron chi connectivity index (χ2n) is 5.20. The third kappa shape index (κ3) is 2.06. The van der Waals surface area contributed by atoms with E-state index in [4.69, 9.17) is 0 Å². The second-order valence-corrected chi connectivity index (χ2v) is 5.20. The van der Waals surface area contributed by atoms with Crippen molar-refractivity contribution in [2.24, 2.45) is 0 Å². The minimum atomic E-state index is 1.23. The molecule has 0 amide bonds. The number of benzene rings is 3. The second kappa shape index (κ2) is 4.50. The molecule has 2 aliphatic rings. The van der Waals surface area contributed by atoms with Gasteiger partial charge in [0.25, 0.3) is 0 Å². The van der Waals surface area contributed by atoms with E-state index in [1.165, 1.54) is 33.0 Å². The summed E-state index contributed by atoms with van der Waals surface area (Å²) in [5.74, 6) is 0. The average molecular weight is 254 g/mol. The smallest absolute Gasteiger partial charge is 0.0172 e. The Morgan fingerprint density at radius 1 is 0.350 bits per heavy atom. The van der Waals surface area contributed by atoms with Gasteiger partial charge < -0.3 is 0 Å². The molecule has 3 aromatic carbocycles. The van der Waals surface area contributed by atoms with E-state index in [0.29, 0.717) is 0 Å². The molecule has 0 radical (unpaired) electrons. The fraction of sp³-hybridized carbons (Fsp3) is 0. The Kier molecular flexibility index (Phi) is 2.53. The van der Waals surface area contributed by atoms with Crippen molar-refractivity contribution in [3.63, 3.8) is 0 Å². The molecule has 0 unspecified atom stereocenters. The van der Waals surface area contributed by atoms with Crippen molar-refractivity contribution in [2.75, 3.05) is 0 Å². The Hall–Kier alpha value is -2.60. The van der Waals surface area contributed by atoms with E-state index in [1.54, 1.807) is 0 Å². The summed E-state index contributed by atoms with van der Waals surface area (Å²) in [6, 6.07) is 21.8. The minimum absolute atomic E-state index is 1.23. The highest BCUT2D eigenvalue weighted by Crippen LogP contribution is 2.21. The summed E-state index contributed by atoms with van der Waals surface area (Å²) >= 11 is 0. The van der Waals surface area contributed by atoms with Gasteiger partial charge in [-0.3, -0.25) is 0 Å². The minimum Gasteiger partial charge on any atom is -0.0544 e. The highest BCUT2D eigenvalue weighted by Gasteiger charge is 1.98. The number of hydrogen-bond donors (Lipinski definition) is 0. The van der Waals surface area contributed by atoms with Crippen LogP contribution in [-0.2, 0) is 0 Å². The highest BCUT2D eigenvalue weighted by atomic mass is 14.0. The van der Waals surface area contributed by atoms with Crippen molar-refractivity contribution in [1.29, 1.82) is 0 Å². The summed E-state index contributed by atoms with van der Waals surface area (Å²) in [7, 11) is 0. The first kappa shape index (κ1) is 11.2. The van der Waals surface area contributed by atoms with Gasteiger partial charge in [-0.2, -0.15) is 0 Å². The molecular weight excluding hydrogens is 240 g/mol. The van der Waals surface area contributed by atoms with Gasteiger partial charge >= 0.3 is 0 Å². The van der Waals surface area contributed by atoms with E-state index in [0.717, 1.165) is 0 Å². The lowest BCUT2D eigenvalue weighted by Gasteiger charge is -2.01. The van der Waals surface area contributed by atoms with Gasteiger partial charge in [0.05, 0.1) is 0 Å². The zero-order valence-electron chi connectivity index (χ0n) is 11.1. The molecule has 0 heterocycles. The summed E-state index contributed by atoms with van der Waals surface area (Å²) in [5, 5.41) is 2.57. The molecule has 0 nitrogen and oxygen atoms in total. The van der Waals surface area contributed by atoms with E-state index in [2.05, 4.69) is 85.0 Å². The Morgan fingerprint density at radius 2 is 0.750 bits per heavy atom. The number of fused-ring (bicyclic) bond motifs is 2. The molecule has 94 valence electrons. The third-order valence-electron chi connectivity index (χ3n) is 3.76. The Morgan fingerprint density at radius 3 is 1.25 bits per heavy atom. The predicted molar refractivity (Wildman–Crippen MR) is 88.2 cm³/mol. The Balaban J connectivity index is 2.00. The lowest BCUT2D eigenvalue weighted by Crippen LogP contribution is -1.78. The first-order valence-electron chi connectivity index (χ1n) is 6.87. The largest absolute Gasteiger partial charge is 0.0544 e. The van der Waals surface area contributed by atoms with Crippen LogP contribution < -0.4 is 0 Å². The van der Waals surface area contributed by atoms with Crippen LogP contribution in [0, 0.1) is 0 Å². The Bertz CT molecular complexity index is 766. The molecule has 0 aromatic heterocycles. The fourth-order valence-corrected chi connectivity index (χ4v) is 2.59. The zero-order valence-corrected chi connectivity index (χ0v) is 11.1. The van der Waals surface area contributed by atoms with Crippen molar-refractivity contribution in [3.8, 4) is 0 Å². The van der Waals surface area contributed by atoms with E-state index in [-0.39, 0.29) is 0 Å². The monoisotopic (exact) mass is 254 g/mol. The van der Waals surface area contributed by atoms with Crippen LogP contribution in [0.25, 0.3) is 35.1 Å². The molecule has 2 aliphatic carbocycles. The summed E-state index contributed by atoms with van der Waals surface area (Å²) < 4.78 is 0. The van der Waals surface area contributed by atoms with E-state index >= 15 is 0 Å². The highest BCUT2D eigenvalue weighted by molar-refractivity contribution is 5.89. The molecule has 0 fully saturated rings. The average Bonchev–Trinajstić information content (AvgIpc) is 2.51. The van der Waals surface area contributed by atoms with E-state index in [9.17, 15) is 0 Å². The summed E-state index contributed by atoms with van der Waals surface area (Å²) in [6.45, 7) is 0. The normalized spacial score (nSPS) is 15.8. The first-order valence-corrected chi connectivity index (χ1v) is 6.87. The Labute approximate surface area is 118 Å². The quantitative estimate of drug-likeness (QED) is 0.389. The predicted octanol–water partition coefficient (Wildman–Crippen LogP) is 5.49. The molecule has 0 N–H and O–H groups in total. The van der Waals surface area contributed by atoms with Gasteiger partial charge in [0.1, 0.15) is 0 Å². The van der Waals surface area contributed by atoms with E-state index < -0.39 is 0 Å². The lowest BCUT2D eigenvalue weighted by atomic mass is 10.0. The van der Waals surface area contributed by atoms with Crippen LogP contribution in [0.3, 0.4) is 0 Å². The van der Waals surface area contributed by atoms with Gasteiger partial charge in [-0.1, -0.05) is 72.8 Å². The van der Waals surface area contributed by atoms with Crippen LogP contribution in [0.15, 0.2) is 60.7 Å². The van der Waals surface area contributed by atoms with Gasteiger partial charge in [0.2, 0.25) is 0 Å². The molecular formula is C20H14. The van der Waals surface area contributed by atoms with Gasteiger partial charge in [-0.25, -0.2) is 0 Å². The van der Waals surface area contributed by atoms with Crippen molar-refractivity contribution < 1.29 is 0 Å². The van der Waals surface area contributed by atoms with Crippen LogP contribution in [0.5, 0.6) is 0 Å². The number of rotatable bonds is 0. The van der Waals surface area contributed by atoms with Crippen LogP contribution in [0.2, 0.25) is 0 Å². The van der Waals surface area contributed by atoms with Crippen LogP contribution in [0.4, 0.5) is 0 Å². The zero-order chi connectivity index (χ0) is 13.4. The van der Waals surface area contributed by atoms with Crippen molar-refractivity contribution in [3.05, 3.63) is 82.9 Å².